The normalized spacial score (nSPS) is 23.9. The molecule has 2 aliphatic heterocycles. The standard InChI is InChI=1S/C18H21N5O4S/c1-11-14(20-28-19-11)16(26)22-6-12-7-23(9-18(12,8-22)10-24)17(27)15(25)13-4-3-5-21(13)2/h3-5,12,24H,6-10H2,1-2H3. The fourth-order valence-electron chi connectivity index (χ4n) is 4.24. The van der Waals surface area contributed by atoms with Crippen LogP contribution in [0.1, 0.15) is 26.7 Å². The lowest BCUT2D eigenvalue weighted by Crippen LogP contribution is -2.42. The smallest absolute Gasteiger partial charge is 0.296 e. The van der Waals surface area contributed by atoms with Gasteiger partial charge in [-0.25, -0.2) is 0 Å². The van der Waals surface area contributed by atoms with Crippen LogP contribution in [0.5, 0.6) is 0 Å². The van der Waals surface area contributed by atoms with Gasteiger partial charge in [0, 0.05) is 50.8 Å². The van der Waals surface area contributed by atoms with Crippen molar-refractivity contribution in [3.05, 3.63) is 35.4 Å². The summed E-state index contributed by atoms with van der Waals surface area (Å²) in [7, 11) is 1.72. The number of aryl methyl sites for hydroxylation is 2. The fraction of sp³-hybridized carbons (Fsp3) is 0.500. The van der Waals surface area contributed by atoms with Crippen molar-refractivity contribution < 1.29 is 19.5 Å². The molecule has 148 valence electrons. The van der Waals surface area contributed by atoms with Gasteiger partial charge in [0.1, 0.15) is 0 Å². The van der Waals surface area contributed by atoms with Crippen molar-refractivity contribution in [1.82, 2.24) is 23.1 Å². The molecule has 1 N–H and O–H groups in total. The Kier molecular flexibility index (Phi) is 4.54. The van der Waals surface area contributed by atoms with E-state index in [0.717, 1.165) is 11.7 Å². The highest BCUT2D eigenvalue weighted by Gasteiger charge is 2.55. The summed E-state index contributed by atoms with van der Waals surface area (Å²) in [5, 5.41) is 10.1. The number of fused-ring (bicyclic) bond motifs is 1. The molecule has 0 aliphatic carbocycles. The van der Waals surface area contributed by atoms with Gasteiger partial charge in [-0.05, 0) is 19.1 Å². The van der Waals surface area contributed by atoms with Crippen LogP contribution in [0.2, 0.25) is 0 Å². The van der Waals surface area contributed by atoms with Crippen LogP contribution in [0.3, 0.4) is 0 Å². The number of ketones is 1. The number of aromatic nitrogens is 3. The number of Topliss-reactive ketones (excluding diaryl/α,β-unsaturated/α-hetero) is 1. The van der Waals surface area contributed by atoms with Crippen molar-refractivity contribution in [2.45, 2.75) is 6.92 Å². The van der Waals surface area contributed by atoms with E-state index in [-0.39, 0.29) is 25.0 Å². The van der Waals surface area contributed by atoms with E-state index < -0.39 is 17.1 Å². The molecular formula is C18H21N5O4S. The predicted molar refractivity (Wildman–Crippen MR) is 99.9 cm³/mol. The molecule has 9 nitrogen and oxygen atoms in total. The minimum atomic E-state index is -0.614. The molecular weight excluding hydrogens is 382 g/mol. The van der Waals surface area contributed by atoms with Crippen LogP contribution in [0.15, 0.2) is 18.3 Å². The molecule has 4 rings (SSSR count). The summed E-state index contributed by atoms with van der Waals surface area (Å²) in [6.07, 6.45) is 1.72. The van der Waals surface area contributed by atoms with Gasteiger partial charge in [-0.2, -0.15) is 8.75 Å². The van der Waals surface area contributed by atoms with E-state index in [1.54, 1.807) is 41.8 Å². The Morgan fingerprint density at radius 3 is 2.54 bits per heavy atom. The first-order valence-electron chi connectivity index (χ1n) is 9.00. The number of carbonyl (C=O) groups is 3. The highest BCUT2D eigenvalue weighted by molar-refractivity contribution is 6.99. The first-order chi connectivity index (χ1) is 13.4. The summed E-state index contributed by atoms with van der Waals surface area (Å²) in [5.74, 6) is -1.41. The van der Waals surface area contributed by atoms with Gasteiger partial charge < -0.3 is 19.5 Å². The van der Waals surface area contributed by atoms with E-state index in [1.807, 2.05) is 0 Å². The minimum Gasteiger partial charge on any atom is -0.396 e. The molecule has 2 aromatic rings. The van der Waals surface area contributed by atoms with Crippen LogP contribution >= 0.6 is 11.7 Å². The number of amides is 2. The van der Waals surface area contributed by atoms with Crippen molar-refractivity contribution >= 4 is 29.3 Å². The second-order valence-corrected chi connectivity index (χ2v) is 8.15. The predicted octanol–water partition coefficient (Wildman–Crippen LogP) is -0.0392. The van der Waals surface area contributed by atoms with Gasteiger partial charge >= 0.3 is 0 Å². The molecule has 0 radical (unpaired) electrons. The number of aliphatic hydroxyl groups is 1. The molecule has 10 heteroatoms. The number of aliphatic hydroxyl groups excluding tert-OH is 1. The monoisotopic (exact) mass is 403 g/mol. The van der Waals surface area contributed by atoms with Crippen molar-refractivity contribution in [2.24, 2.45) is 18.4 Å². The summed E-state index contributed by atoms with van der Waals surface area (Å²) in [6.45, 7) is 2.92. The fourth-order valence-corrected chi connectivity index (χ4v) is 4.78. The Morgan fingerprint density at radius 1 is 1.25 bits per heavy atom. The summed E-state index contributed by atoms with van der Waals surface area (Å²) in [4.78, 5) is 41.2. The van der Waals surface area contributed by atoms with E-state index in [2.05, 4.69) is 8.75 Å². The molecule has 2 unspecified atom stereocenters. The van der Waals surface area contributed by atoms with E-state index >= 15 is 0 Å². The molecule has 2 fully saturated rings. The van der Waals surface area contributed by atoms with Crippen LogP contribution in [-0.2, 0) is 11.8 Å². The Labute approximate surface area is 165 Å². The highest BCUT2D eigenvalue weighted by Crippen LogP contribution is 2.42. The van der Waals surface area contributed by atoms with Crippen molar-refractivity contribution in [3.63, 3.8) is 0 Å². The van der Waals surface area contributed by atoms with Crippen molar-refractivity contribution in [3.8, 4) is 0 Å². The SMILES string of the molecule is Cc1nsnc1C(=O)N1CC2CN(C(=O)C(=O)c3cccn3C)CC2(CO)C1. The summed E-state index contributed by atoms with van der Waals surface area (Å²) in [6, 6.07) is 3.33. The zero-order valence-electron chi connectivity index (χ0n) is 15.7. The molecule has 2 aromatic heterocycles. The third-order valence-corrected chi connectivity index (χ3v) is 6.49. The lowest BCUT2D eigenvalue weighted by atomic mass is 9.82. The zero-order valence-corrected chi connectivity index (χ0v) is 16.5. The van der Waals surface area contributed by atoms with Gasteiger partial charge in [0.15, 0.2) is 5.69 Å². The number of rotatable bonds is 4. The third-order valence-electron chi connectivity index (χ3n) is 5.87. The average Bonchev–Trinajstić information content (AvgIpc) is 3.42. The summed E-state index contributed by atoms with van der Waals surface area (Å²) in [5.41, 5.74) is 0.653. The molecule has 0 saturated carbocycles. The molecule has 2 saturated heterocycles. The van der Waals surface area contributed by atoms with Gasteiger partial charge in [-0.15, -0.1) is 0 Å². The van der Waals surface area contributed by atoms with Gasteiger partial charge in [-0.3, -0.25) is 14.4 Å². The first-order valence-corrected chi connectivity index (χ1v) is 9.73. The lowest BCUT2D eigenvalue weighted by Gasteiger charge is -2.26. The quantitative estimate of drug-likeness (QED) is 0.567. The maximum absolute atomic E-state index is 12.7. The first kappa shape index (κ1) is 18.8. The second-order valence-electron chi connectivity index (χ2n) is 7.62. The van der Waals surface area contributed by atoms with E-state index in [9.17, 15) is 19.5 Å². The van der Waals surface area contributed by atoms with Gasteiger partial charge in [0.25, 0.3) is 17.6 Å². The molecule has 28 heavy (non-hydrogen) atoms. The summed E-state index contributed by atoms with van der Waals surface area (Å²) >= 11 is 0.998. The Bertz CT molecular complexity index is 953. The number of carbonyl (C=O) groups excluding carboxylic acids is 3. The topological polar surface area (TPSA) is 109 Å². The van der Waals surface area contributed by atoms with E-state index in [0.29, 0.717) is 36.7 Å². The van der Waals surface area contributed by atoms with Crippen LogP contribution < -0.4 is 0 Å². The largest absolute Gasteiger partial charge is 0.396 e. The van der Waals surface area contributed by atoms with E-state index in [1.165, 1.54) is 4.90 Å². The van der Waals surface area contributed by atoms with Crippen molar-refractivity contribution in [2.75, 3.05) is 32.8 Å². The maximum Gasteiger partial charge on any atom is 0.296 e. The molecule has 4 heterocycles. The number of nitrogens with zero attached hydrogens (tertiary/aromatic N) is 5. The average molecular weight is 403 g/mol. The van der Waals surface area contributed by atoms with Crippen LogP contribution in [0, 0.1) is 18.3 Å². The number of hydrogen-bond donors (Lipinski definition) is 1. The zero-order chi connectivity index (χ0) is 20.1. The molecule has 0 spiro atoms. The highest BCUT2D eigenvalue weighted by atomic mass is 32.1. The van der Waals surface area contributed by atoms with E-state index in [4.69, 9.17) is 0 Å². The third kappa shape index (κ3) is 2.83. The number of likely N-dealkylation sites (tertiary alicyclic amines) is 2. The Hall–Kier alpha value is -2.59. The maximum atomic E-state index is 12.7. The molecule has 0 bridgehead atoms. The number of hydrogen-bond acceptors (Lipinski definition) is 7. The van der Waals surface area contributed by atoms with Crippen LogP contribution in [0.4, 0.5) is 0 Å². The van der Waals surface area contributed by atoms with Gasteiger partial charge in [-0.1, -0.05) is 0 Å². The van der Waals surface area contributed by atoms with Crippen LogP contribution in [0.25, 0.3) is 0 Å². The van der Waals surface area contributed by atoms with Crippen molar-refractivity contribution in [1.29, 1.82) is 0 Å². The van der Waals surface area contributed by atoms with Gasteiger partial charge in [0.2, 0.25) is 0 Å². The summed E-state index contributed by atoms with van der Waals surface area (Å²) < 4.78 is 9.73. The second kappa shape index (κ2) is 6.78. The minimum absolute atomic E-state index is 0.0847. The molecule has 0 aromatic carbocycles. The van der Waals surface area contributed by atoms with Crippen LogP contribution in [-0.4, -0.2) is 78.6 Å². The Morgan fingerprint density at radius 2 is 1.96 bits per heavy atom. The molecule has 2 atom stereocenters. The molecule has 2 aliphatic rings. The van der Waals surface area contributed by atoms with Gasteiger partial charge in [0.05, 0.1) is 29.7 Å². The lowest BCUT2D eigenvalue weighted by molar-refractivity contribution is -0.126. The Balaban J connectivity index is 1.49. The molecule has 2 amide bonds.